The fourth-order valence-corrected chi connectivity index (χ4v) is 8.14. The van der Waals surface area contributed by atoms with E-state index >= 15 is 0 Å². The van der Waals surface area contributed by atoms with E-state index < -0.39 is 67.3 Å². The minimum Gasteiger partial charge on any atom is -0.479 e. The van der Waals surface area contributed by atoms with Crippen LogP contribution in [0.2, 0.25) is 0 Å². The average Bonchev–Trinajstić information content (AvgIpc) is 3.46. The van der Waals surface area contributed by atoms with Crippen LogP contribution in [0.3, 0.4) is 0 Å². The van der Waals surface area contributed by atoms with Gasteiger partial charge in [0.25, 0.3) is 0 Å². The fraction of sp³-hybridized carbons (Fsp3) is 0.612. The van der Waals surface area contributed by atoms with Crippen LogP contribution in [0.25, 0.3) is 0 Å². The maximum absolute atomic E-state index is 13.2. The molecule has 1 aliphatic rings. The summed E-state index contributed by atoms with van der Waals surface area (Å²) in [6, 6.07) is 0. The van der Waals surface area contributed by atoms with Gasteiger partial charge in [-0.05, 0) is 122 Å². The van der Waals surface area contributed by atoms with Gasteiger partial charge in [0, 0.05) is 19.3 Å². The Hall–Kier alpha value is -5.14. The summed E-state index contributed by atoms with van der Waals surface area (Å²) < 4.78 is 28.3. The van der Waals surface area contributed by atoms with Gasteiger partial charge in [-0.2, -0.15) is 0 Å². The van der Waals surface area contributed by atoms with Gasteiger partial charge in [0.05, 0.1) is 6.61 Å². The molecule has 79 heavy (non-hydrogen) atoms. The molecule has 0 aromatic heterocycles. The first-order chi connectivity index (χ1) is 38.6. The molecule has 3 N–H and O–H groups in total. The van der Waals surface area contributed by atoms with Crippen molar-refractivity contribution in [2.24, 2.45) is 0 Å². The van der Waals surface area contributed by atoms with E-state index in [-0.39, 0.29) is 25.9 Å². The molecule has 0 radical (unpaired) electrons. The summed E-state index contributed by atoms with van der Waals surface area (Å²) in [5, 5.41) is 31.5. The maximum atomic E-state index is 13.2. The predicted molar refractivity (Wildman–Crippen MR) is 321 cm³/mol. The number of carbonyl (C=O) groups excluding carboxylic acids is 3. The highest BCUT2D eigenvalue weighted by atomic mass is 16.7. The van der Waals surface area contributed by atoms with Gasteiger partial charge in [0.1, 0.15) is 18.8 Å². The van der Waals surface area contributed by atoms with Gasteiger partial charge in [-0.15, -0.1) is 0 Å². The third kappa shape index (κ3) is 43.4. The molecule has 1 heterocycles. The van der Waals surface area contributed by atoms with E-state index in [1.54, 1.807) is 0 Å². The highest BCUT2D eigenvalue weighted by Crippen LogP contribution is 2.26. The van der Waals surface area contributed by atoms with Crippen molar-refractivity contribution in [1.29, 1.82) is 0 Å². The Balaban J connectivity index is 2.76. The van der Waals surface area contributed by atoms with E-state index in [2.05, 4.69) is 142 Å². The number of carbonyl (C=O) groups is 4. The van der Waals surface area contributed by atoms with Crippen molar-refractivity contribution in [2.75, 3.05) is 13.2 Å². The van der Waals surface area contributed by atoms with Crippen LogP contribution >= 0.6 is 0 Å². The van der Waals surface area contributed by atoms with Gasteiger partial charge in [-0.25, -0.2) is 4.79 Å². The van der Waals surface area contributed by atoms with Crippen LogP contribution in [0.15, 0.2) is 134 Å². The summed E-state index contributed by atoms with van der Waals surface area (Å²) in [5.41, 5.74) is 0. The number of carboxylic acid groups (broad SMARTS) is 1. The molecule has 1 rings (SSSR count). The highest BCUT2D eigenvalue weighted by molar-refractivity contribution is 5.74. The molecule has 1 saturated heterocycles. The lowest BCUT2D eigenvalue weighted by atomic mass is 9.98. The SMILES string of the molecule is CC/C=C\C/C=C\C/C=C\C/C=C\C/C=C\C/C=C\CCC(=O)OCC(COC1OC(C(=O)O)C(O)C(O)C1OC(=O)CCCCCCC/C=C\C/C=C\CCCCC)OC(=O)CCCCCCC/C=C\C/C=C\C/C=C\CC. The Morgan fingerprint density at radius 1 is 0.430 bits per heavy atom. The van der Waals surface area contributed by atoms with Crippen molar-refractivity contribution in [3.8, 4) is 0 Å². The van der Waals surface area contributed by atoms with Crippen molar-refractivity contribution >= 4 is 23.9 Å². The molecule has 0 bridgehead atoms. The summed E-state index contributed by atoms with van der Waals surface area (Å²) in [6.45, 7) is 5.64. The summed E-state index contributed by atoms with van der Waals surface area (Å²) in [6.07, 6.45) is 62.8. The number of carboxylic acids is 1. The first-order valence-corrected chi connectivity index (χ1v) is 30.2. The Morgan fingerprint density at radius 2 is 0.823 bits per heavy atom. The zero-order valence-electron chi connectivity index (χ0n) is 48.8. The van der Waals surface area contributed by atoms with Crippen molar-refractivity contribution in [3.63, 3.8) is 0 Å². The first-order valence-electron chi connectivity index (χ1n) is 30.2. The van der Waals surface area contributed by atoms with Gasteiger partial charge in [-0.1, -0.05) is 206 Å². The number of hydrogen-bond acceptors (Lipinski definition) is 11. The quantitative estimate of drug-likeness (QED) is 0.0228. The number of rotatable bonds is 49. The number of aliphatic hydroxyl groups excluding tert-OH is 2. The zero-order chi connectivity index (χ0) is 57.5. The molecule has 12 nitrogen and oxygen atoms in total. The number of unbranched alkanes of at least 4 members (excludes halogenated alkanes) is 13. The minimum absolute atomic E-state index is 0.0279. The Bertz CT molecular complexity index is 1880. The molecule has 0 saturated carbocycles. The Labute approximate surface area is 477 Å². The lowest BCUT2D eigenvalue weighted by Gasteiger charge is -2.40. The molecule has 6 atom stereocenters. The smallest absolute Gasteiger partial charge is 0.335 e. The van der Waals surface area contributed by atoms with Crippen molar-refractivity contribution < 1.29 is 58.2 Å². The van der Waals surface area contributed by atoms with Crippen LogP contribution in [0.1, 0.15) is 213 Å². The topological polar surface area (TPSA) is 175 Å². The number of hydrogen-bond donors (Lipinski definition) is 3. The molecule has 1 fully saturated rings. The summed E-state index contributed by atoms with van der Waals surface area (Å²) in [5.74, 6) is -3.29. The number of esters is 3. The van der Waals surface area contributed by atoms with Crippen LogP contribution in [-0.2, 0) is 42.9 Å². The van der Waals surface area contributed by atoms with E-state index in [9.17, 15) is 34.5 Å². The highest BCUT2D eigenvalue weighted by Gasteiger charge is 2.50. The molecular weight excluding hydrogens is 997 g/mol. The Morgan fingerprint density at radius 3 is 1.27 bits per heavy atom. The second-order valence-electron chi connectivity index (χ2n) is 19.9. The van der Waals surface area contributed by atoms with E-state index in [0.717, 1.165) is 135 Å². The van der Waals surface area contributed by atoms with E-state index in [1.807, 2.05) is 12.2 Å². The van der Waals surface area contributed by atoms with Gasteiger partial charge in [-0.3, -0.25) is 14.4 Å². The van der Waals surface area contributed by atoms with E-state index in [4.69, 9.17) is 23.7 Å². The standard InChI is InChI=1S/C67H104O12/c1-4-7-10-13-16-19-22-25-28-29-30-31-34-35-38-41-44-47-50-53-59(68)75-56-58(77-60(69)54-51-48-45-42-39-36-32-26-23-20-17-14-11-8-5-2)57-76-67-65(63(72)62(71)64(79-67)66(73)74)78-61(70)55-52-49-46-43-40-37-33-27-24-21-18-15-12-9-6-3/h7-8,10-11,16-21,25-28,30-33,35,38,44,47,58,62-65,67,71-72H,4-6,9,12-15,22-24,29,34,36-37,39-43,45-46,48-57H2,1-3H3,(H,73,74)/b10-7-,11-8-,19-16-,20-17-,21-18-,28-25-,31-30-,32-26-,33-27-,38-35-,47-44-. The third-order valence-corrected chi connectivity index (χ3v) is 12.7. The third-order valence-electron chi connectivity index (χ3n) is 12.7. The molecule has 6 unspecified atom stereocenters. The van der Waals surface area contributed by atoms with Gasteiger partial charge >= 0.3 is 23.9 Å². The molecular formula is C67H104O12. The Kier molecular flexibility index (Phi) is 48.7. The zero-order valence-corrected chi connectivity index (χ0v) is 48.8. The lowest BCUT2D eigenvalue weighted by molar-refractivity contribution is -0.301. The summed E-state index contributed by atoms with van der Waals surface area (Å²) in [4.78, 5) is 51.2. The van der Waals surface area contributed by atoms with E-state index in [0.29, 0.717) is 19.3 Å². The largest absolute Gasteiger partial charge is 0.479 e. The normalized spacial score (nSPS) is 18.8. The molecule has 12 heteroatoms. The average molecular weight is 1100 g/mol. The van der Waals surface area contributed by atoms with Crippen LogP contribution in [0, 0.1) is 0 Å². The van der Waals surface area contributed by atoms with E-state index in [1.165, 1.54) is 19.3 Å². The molecule has 444 valence electrons. The predicted octanol–water partition coefficient (Wildman–Crippen LogP) is 15.8. The number of aliphatic hydroxyl groups is 2. The lowest BCUT2D eigenvalue weighted by Crippen LogP contribution is -2.61. The summed E-state index contributed by atoms with van der Waals surface area (Å²) in [7, 11) is 0. The number of allylic oxidation sites excluding steroid dienone is 22. The maximum Gasteiger partial charge on any atom is 0.335 e. The first kappa shape index (κ1) is 71.9. The van der Waals surface area contributed by atoms with Gasteiger partial charge in [0.2, 0.25) is 0 Å². The molecule has 1 aliphatic heterocycles. The minimum atomic E-state index is -1.93. The van der Waals surface area contributed by atoms with Crippen molar-refractivity contribution in [2.45, 2.75) is 250 Å². The fourth-order valence-electron chi connectivity index (χ4n) is 8.14. The van der Waals surface area contributed by atoms with Crippen LogP contribution in [0.5, 0.6) is 0 Å². The van der Waals surface area contributed by atoms with Crippen molar-refractivity contribution in [3.05, 3.63) is 134 Å². The molecule has 0 spiro atoms. The number of aliphatic carboxylic acids is 1. The molecule has 0 aliphatic carbocycles. The van der Waals surface area contributed by atoms with Crippen molar-refractivity contribution in [1.82, 2.24) is 0 Å². The molecule has 0 amide bonds. The van der Waals surface area contributed by atoms with Crippen LogP contribution in [-0.4, -0.2) is 89.2 Å². The second kappa shape index (κ2) is 53.5. The van der Waals surface area contributed by atoms with Crippen LogP contribution < -0.4 is 0 Å². The molecule has 0 aromatic carbocycles. The van der Waals surface area contributed by atoms with Gasteiger partial charge < -0.3 is 39.0 Å². The monoisotopic (exact) mass is 1100 g/mol. The summed E-state index contributed by atoms with van der Waals surface area (Å²) >= 11 is 0. The second-order valence-corrected chi connectivity index (χ2v) is 19.9. The number of ether oxygens (including phenoxy) is 5. The van der Waals surface area contributed by atoms with Gasteiger partial charge in [0.15, 0.2) is 24.6 Å². The van der Waals surface area contributed by atoms with Crippen LogP contribution in [0.4, 0.5) is 0 Å². The molecule has 0 aromatic rings.